The second-order valence-electron chi connectivity index (χ2n) is 7.05. The minimum atomic E-state index is -3.98. The molecule has 1 fully saturated rings. The van der Waals surface area contributed by atoms with Gasteiger partial charge in [0, 0.05) is 23.5 Å². The summed E-state index contributed by atoms with van der Waals surface area (Å²) in [5.41, 5.74) is 0.694. The molecule has 2 atom stereocenters. The molecule has 1 aliphatic heterocycles. The Balaban J connectivity index is 2.15. The van der Waals surface area contributed by atoms with Gasteiger partial charge in [-0.05, 0) is 69.8 Å². The molecule has 2 unspecified atom stereocenters. The molecule has 2 N–H and O–H groups in total. The van der Waals surface area contributed by atoms with Crippen molar-refractivity contribution in [3.8, 4) is 0 Å². The van der Waals surface area contributed by atoms with E-state index in [0.717, 1.165) is 12.8 Å². The topological polar surface area (TPSA) is 85.5 Å². The first-order valence-corrected chi connectivity index (χ1v) is 11.0. The highest BCUT2D eigenvalue weighted by Crippen LogP contribution is 2.33. The lowest BCUT2D eigenvalue weighted by atomic mass is 10.1. The third-order valence-corrected chi connectivity index (χ3v) is 6.96. The number of halogens is 1. The van der Waals surface area contributed by atoms with Crippen LogP contribution in [0.15, 0.2) is 47.5 Å². The van der Waals surface area contributed by atoms with Gasteiger partial charge in [-0.25, -0.2) is 8.42 Å². The number of aromatic amines is 1. The Kier molecular flexibility index (Phi) is 6.44. The van der Waals surface area contributed by atoms with Crippen LogP contribution in [0.1, 0.15) is 31.1 Å². The number of hydrogen-bond donors (Lipinski definition) is 2. The lowest BCUT2D eigenvalue weighted by molar-refractivity contribution is -0.126. The fraction of sp³-hybridized carbons (Fsp3) is 0.421. The van der Waals surface area contributed by atoms with Crippen molar-refractivity contribution in [3.05, 3.63) is 53.3 Å². The molecule has 0 saturated carbocycles. The fourth-order valence-corrected chi connectivity index (χ4v) is 5.46. The van der Waals surface area contributed by atoms with Crippen molar-refractivity contribution in [2.24, 2.45) is 0 Å². The van der Waals surface area contributed by atoms with Crippen LogP contribution >= 0.6 is 11.6 Å². The predicted molar refractivity (Wildman–Crippen MR) is 108 cm³/mol. The molecule has 28 heavy (non-hydrogen) atoms. The van der Waals surface area contributed by atoms with E-state index in [0.29, 0.717) is 23.7 Å². The zero-order valence-electron chi connectivity index (χ0n) is 15.9. The summed E-state index contributed by atoms with van der Waals surface area (Å²) in [5.74, 6) is -0.270. The number of carbonyl (C=O) groups is 1. The van der Waals surface area contributed by atoms with Crippen LogP contribution in [0.25, 0.3) is 0 Å². The summed E-state index contributed by atoms with van der Waals surface area (Å²) in [6, 6.07) is 8.86. The van der Waals surface area contributed by atoms with Gasteiger partial charge in [0.15, 0.2) is 0 Å². The molecule has 3 rings (SSSR count). The molecule has 0 spiro atoms. The molecule has 1 aromatic carbocycles. The maximum Gasteiger partial charge on any atom is 0.245 e. The number of nitrogens with one attached hydrogen (secondary N) is 2. The Labute approximate surface area is 170 Å². The predicted octanol–water partition coefficient (Wildman–Crippen LogP) is 2.59. The molecule has 0 aliphatic carbocycles. The second kappa shape index (κ2) is 8.65. The van der Waals surface area contributed by atoms with E-state index in [9.17, 15) is 13.2 Å². The van der Waals surface area contributed by atoms with Gasteiger partial charge in [-0.2, -0.15) is 4.31 Å². The van der Waals surface area contributed by atoms with Crippen LogP contribution in [0.2, 0.25) is 5.02 Å². The van der Waals surface area contributed by atoms with Crippen molar-refractivity contribution < 1.29 is 13.2 Å². The van der Waals surface area contributed by atoms with Crippen molar-refractivity contribution in [1.82, 2.24) is 19.5 Å². The van der Waals surface area contributed by atoms with Crippen LogP contribution < -0.4 is 5.32 Å². The number of aromatic nitrogens is 1. The zero-order valence-corrected chi connectivity index (χ0v) is 17.5. The van der Waals surface area contributed by atoms with Gasteiger partial charge in [0.2, 0.25) is 15.9 Å². The van der Waals surface area contributed by atoms with Crippen molar-refractivity contribution in [2.45, 2.75) is 36.4 Å². The Hall–Kier alpha value is -1.87. The van der Waals surface area contributed by atoms with Crippen molar-refractivity contribution in [3.63, 3.8) is 0 Å². The quantitative estimate of drug-likeness (QED) is 0.698. The van der Waals surface area contributed by atoms with Crippen LogP contribution in [0.3, 0.4) is 0 Å². The summed E-state index contributed by atoms with van der Waals surface area (Å²) in [4.78, 5) is 17.8. The number of rotatable bonds is 6. The largest absolute Gasteiger partial charge is 0.363 e. The first kappa shape index (κ1) is 20.9. The Morgan fingerprint density at radius 3 is 2.46 bits per heavy atom. The lowest BCUT2D eigenvalue weighted by Crippen LogP contribution is -2.53. The SMILES string of the molecule is CN(C)C(c1ccc[nH]1)N(C1CCCCNC1=O)S(=O)(=O)c1ccc(Cl)cc1. The Morgan fingerprint density at radius 1 is 1.14 bits per heavy atom. The first-order valence-electron chi connectivity index (χ1n) is 9.19. The maximum atomic E-state index is 13.7. The number of carbonyl (C=O) groups excluding carboxylic acids is 1. The molecule has 2 aromatic rings. The summed E-state index contributed by atoms with van der Waals surface area (Å²) >= 11 is 5.94. The van der Waals surface area contributed by atoms with E-state index in [1.807, 2.05) is 12.1 Å². The normalized spacial score (nSPS) is 19.5. The highest BCUT2D eigenvalue weighted by atomic mass is 35.5. The average molecular weight is 425 g/mol. The van der Waals surface area contributed by atoms with Crippen LogP contribution in [-0.2, 0) is 14.8 Å². The smallest absolute Gasteiger partial charge is 0.245 e. The summed E-state index contributed by atoms with van der Waals surface area (Å²) in [6.45, 7) is 0.555. The van der Waals surface area contributed by atoms with Gasteiger partial charge < -0.3 is 10.3 Å². The van der Waals surface area contributed by atoms with Crippen LogP contribution in [0.4, 0.5) is 0 Å². The molecule has 1 saturated heterocycles. The number of amides is 1. The van der Waals surface area contributed by atoms with Gasteiger partial charge in [0.05, 0.1) is 4.90 Å². The highest BCUT2D eigenvalue weighted by molar-refractivity contribution is 7.89. The number of H-pyrrole nitrogens is 1. The molecule has 1 aliphatic rings. The summed E-state index contributed by atoms with van der Waals surface area (Å²) < 4.78 is 28.7. The van der Waals surface area contributed by atoms with E-state index < -0.39 is 22.2 Å². The van der Waals surface area contributed by atoms with E-state index in [1.54, 1.807) is 37.3 Å². The van der Waals surface area contributed by atoms with Crippen molar-refractivity contribution >= 4 is 27.5 Å². The number of nitrogens with zero attached hydrogens (tertiary/aromatic N) is 2. The molecule has 152 valence electrons. The Bertz CT molecular complexity index is 898. The van der Waals surface area contributed by atoms with E-state index in [2.05, 4.69) is 10.3 Å². The minimum absolute atomic E-state index is 0.104. The van der Waals surface area contributed by atoms with Gasteiger partial charge in [-0.3, -0.25) is 9.69 Å². The molecule has 9 heteroatoms. The van der Waals surface area contributed by atoms with Crippen LogP contribution in [0, 0.1) is 0 Å². The molecule has 2 heterocycles. The van der Waals surface area contributed by atoms with Crippen molar-refractivity contribution in [1.29, 1.82) is 0 Å². The first-order chi connectivity index (χ1) is 13.3. The van der Waals surface area contributed by atoms with E-state index in [4.69, 9.17) is 11.6 Å². The highest BCUT2D eigenvalue weighted by Gasteiger charge is 2.43. The van der Waals surface area contributed by atoms with Gasteiger partial charge in [0.25, 0.3) is 0 Å². The number of sulfonamides is 1. The van der Waals surface area contributed by atoms with Crippen molar-refractivity contribution in [2.75, 3.05) is 20.6 Å². The zero-order chi connectivity index (χ0) is 20.3. The third-order valence-electron chi connectivity index (χ3n) is 4.83. The second-order valence-corrected chi connectivity index (χ2v) is 9.33. The average Bonchev–Trinajstić information content (AvgIpc) is 3.09. The summed E-state index contributed by atoms with van der Waals surface area (Å²) in [5, 5.41) is 3.30. The lowest BCUT2D eigenvalue weighted by Gasteiger charge is -2.38. The van der Waals surface area contributed by atoms with E-state index in [1.165, 1.54) is 16.4 Å². The fourth-order valence-electron chi connectivity index (χ4n) is 3.51. The van der Waals surface area contributed by atoms with Gasteiger partial charge >= 0.3 is 0 Å². The Morgan fingerprint density at radius 2 is 1.86 bits per heavy atom. The molecule has 0 radical (unpaired) electrons. The van der Waals surface area contributed by atoms with Crippen LogP contribution in [0.5, 0.6) is 0 Å². The summed E-state index contributed by atoms with van der Waals surface area (Å²) in [6.07, 6.45) is 3.13. The van der Waals surface area contributed by atoms with Crippen LogP contribution in [-0.4, -0.2) is 55.2 Å². The number of benzene rings is 1. The maximum absolute atomic E-state index is 13.7. The van der Waals surface area contributed by atoms with E-state index in [-0.39, 0.29) is 10.8 Å². The minimum Gasteiger partial charge on any atom is -0.363 e. The third kappa shape index (κ3) is 4.25. The monoisotopic (exact) mass is 424 g/mol. The molecular weight excluding hydrogens is 400 g/mol. The standard InChI is InChI=1S/C19H25ClN4O3S/c1-23(2)19(16-6-5-13-21-16)24(17-7-3-4-12-22-18(17)25)28(26,27)15-10-8-14(20)9-11-15/h5-6,8-11,13,17,19,21H,3-4,7,12H2,1-2H3,(H,22,25). The van der Waals surface area contributed by atoms with Gasteiger partial charge in [-0.15, -0.1) is 0 Å². The summed E-state index contributed by atoms with van der Waals surface area (Å²) in [7, 11) is -0.392. The molecule has 1 amide bonds. The molecule has 1 aromatic heterocycles. The van der Waals surface area contributed by atoms with E-state index >= 15 is 0 Å². The number of hydrogen-bond acceptors (Lipinski definition) is 4. The molecule has 7 nitrogen and oxygen atoms in total. The van der Waals surface area contributed by atoms with Gasteiger partial charge in [-0.1, -0.05) is 11.6 Å². The molecular formula is C19H25ClN4O3S. The van der Waals surface area contributed by atoms with Gasteiger partial charge in [0.1, 0.15) is 12.2 Å². The molecule has 0 bridgehead atoms.